The van der Waals surface area contributed by atoms with Crippen molar-refractivity contribution < 1.29 is 161 Å². The van der Waals surface area contributed by atoms with Crippen molar-refractivity contribution in [1.82, 2.24) is 0 Å². The van der Waals surface area contributed by atoms with Crippen LogP contribution in [-0.2, 0) is 38.5 Å². The Balaban J connectivity index is 0.000000423. The summed E-state index contributed by atoms with van der Waals surface area (Å²) < 4.78 is 0. The number of hydrogen-bond acceptors (Lipinski definition) is 12. The summed E-state index contributed by atoms with van der Waals surface area (Å²) >= 11 is 0. The molecule has 0 aromatic heterocycles. The number of benzene rings is 12. The minimum absolute atomic E-state index is 0. The van der Waals surface area contributed by atoms with Crippen LogP contribution in [0.4, 0.5) is 0 Å². The molecule has 0 aliphatic heterocycles. The Morgan fingerprint density at radius 1 is 0.302 bits per heavy atom. The summed E-state index contributed by atoms with van der Waals surface area (Å²) in [5, 5.41) is 85.4. The van der Waals surface area contributed by atoms with E-state index < -0.39 is 18.3 Å². The molecule has 3 atom stereocenters. The first-order chi connectivity index (χ1) is 49.5. The zero-order chi connectivity index (χ0) is 72.9. The molecule has 12 aromatic carbocycles. The maximum Gasteiger partial charge on any atom is 2.00 e. The largest absolute Gasteiger partial charge is 2.00 e. The summed E-state index contributed by atoms with van der Waals surface area (Å²) in [5.74, 6) is 1.10. The third-order valence-corrected chi connectivity index (χ3v) is 15.9. The third-order valence-electron chi connectivity index (χ3n) is 15.9. The van der Waals surface area contributed by atoms with E-state index in [0.717, 1.165) is 66.3 Å². The second-order valence-electron chi connectivity index (χ2n) is 23.8. The molecule has 2 unspecified atom stereocenters. The molecule has 12 nitrogen and oxygen atoms in total. The van der Waals surface area contributed by atoms with Crippen LogP contribution in [-0.4, -0.2) is 86.9 Å². The summed E-state index contributed by atoms with van der Waals surface area (Å²) in [6, 6.07) is 99.8. The second-order valence-corrected chi connectivity index (χ2v) is 23.8. The normalized spacial score (nSPS) is 10.6. The molecule has 0 amide bonds. The zero-order valence-corrected chi connectivity index (χ0v) is 71.1. The first-order valence-electron chi connectivity index (χ1n) is 33.9. The van der Waals surface area contributed by atoms with E-state index in [1.165, 1.54) is 46.5 Å². The number of aryl methyl sites for hydroxylation is 5. The zero-order valence-electron chi connectivity index (χ0n) is 59.5. The molecule has 2 radical (unpaired) electrons. The Morgan fingerprint density at radius 2 is 0.538 bits per heavy atom. The van der Waals surface area contributed by atoms with Crippen LogP contribution < -0.4 is 12.4 Å². The number of hydrogen-bond donors (Lipinski definition) is 9. The number of aromatic hydroxyl groups is 6. The fourth-order valence-corrected chi connectivity index (χ4v) is 10.2. The molecule has 106 heavy (non-hydrogen) atoms. The Labute approximate surface area is 718 Å². The van der Waals surface area contributed by atoms with Crippen LogP contribution in [0.15, 0.2) is 328 Å². The topological polar surface area (TPSA) is 233 Å². The Bertz CT molecular complexity index is 4010. The van der Waals surface area contributed by atoms with Gasteiger partial charge in [0.15, 0.2) is 11.6 Å². The van der Waals surface area contributed by atoms with Gasteiger partial charge in [0.2, 0.25) is 0 Å². The third kappa shape index (κ3) is 39.2. The van der Waals surface area contributed by atoms with Gasteiger partial charge in [-0.3, -0.25) is 14.4 Å². The van der Waals surface area contributed by atoms with Crippen molar-refractivity contribution in [2.24, 2.45) is 0 Å². The molecular formula is C90H91Ac2ClMgO12. The fourth-order valence-electron chi connectivity index (χ4n) is 10.2. The van der Waals surface area contributed by atoms with Gasteiger partial charge >= 0.3 is 23.1 Å². The first-order valence-corrected chi connectivity index (χ1v) is 33.9. The van der Waals surface area contributed by atoms with Gasteiger partial charge in [0.05, 0.1) is 18.3 Å². The number of aldehydes is 1. The van der Waals surface area contributed by atoms with E-state index >= 15 is 0 Å². The molecule has 12 rings (SSSR count). The van der Waals surface area contributed by atoms with E-state index in [0.29, 0.717) is 55.1 Å². The summed E-state index contributed by atoms with van der Waals surface area (Å²) in [5.41, 5.74) is 11.2. The van der Waals surface area contributed by atoms with Crippen molar-refractivity contribution in [3.63, 3.8) is 0 Å². The molecule has 0 fully saturated rings. The van der Waals surface area contributed by atoms with Crippen LogP contribution in [0.25, 0.3) is 0 Å². The number of carbonyl (C=O) groups is 3. The summed E-state index contributed by atoms with van der Waals surface area (Å²) in [7, 11) is 0. The van der Waals surface area contributed by atoms with E-state index in [9.17, 15) is 55.2 Å². The van der Waals surface area contributed by atoms with Gasteiger partial charge in [0, 0.05) is 118 Å². The quantitative estimate of drug-likeness (QED) is 0.0133. The maximum absolute atomic E-state index is 11.9. The molecule has 0 aliphatic rings. The number of aliphatic hydroxyl groups is 3. The summed E-state index contributed by atoms with van der Waals surface area (Å²) in [4.78, 5) is 33.8. The number of ketones is 2. The molecule has 0 saturated heterocycles. The molecule has 16 heteroatoms. The van der Waals surface area contributed by atoms with Gasteiger partial charge in [-0.05, 0) is 169 Å². The van der Waals surface area contributed by atoms with Crippen molar-refractivity contribution in [2.45, 2.75) is 88.9 Å². The molecule has 12 aromatic rings. The number of rotatable bonds is 22. The van der Waals surface area contributed by atoms with E-state index in [4.69, 9.17) is 5.11 Å². The average molecular weight is 1880 g/mol. The molecular weight excluding hydrogens is 1790 g/mol. The van der Waals surface area contributed by atoms with Gasteiger partial charge in [-0.2, -0.15) is 6.42 Å². The van der Waals surface area contributed by atoms with Crippen LogP contribution in [0.3, 0.4) is 0 Å². The van der Waals surface area contributed by atoms with Crippen molar-refractivity contribution in [3.05, 3.63) is 401 Å². The monoisotopic (exact) mass is 1880 g/mol. The van der Waals surface area contributed by atoms with Gasteiger partial charge in [-0.1, -0.05) is 260 Å². The van der Waals surface area contributed by atoms with Gasteiger partial charge in [0.1, 0.15) is 40.8 Å². The Kier molecular flexibility index (Phi) is 49.5. The predicted molar refractivity (Wildman–Crippen MR) is 413 cm³/mol. The minimum Gasteiger partial charge on any atom is -1.00 e. The van der Waals surface area contributed by atoms with Gasteiger partial charge in [-0.25, -0.2) is 0 Å². The minimum atomic E-state index is -0.526. The van der Waals surface area contributed by atoms with Crippen LogP contribution in [0, 0.1) is 95.0 Å². The molecule has 0 spiro atoms. The van der Waals surface area contributed by atoms with Crippen molar-refractivity contribution >= 4 is 40.9 Å². The number of phenolic OH excluding ortho intramolecular Hbond substituents is 6. The second kappa shape index (κ2) is 55.7. The first kappa shape index (κ1) is 94.3. The van der Waals surface area contributed by atoms with Gasteiger partial charge in [0.25, 0.3) is 0 Å². The molecule has 9 N–H and O–H groups in total. The molecule has 0 heterocycles. The molecule has 0 aliphatic carbocycles. The van der Waals surface area contributed by atoms with Crippen molar-refractivity contribution in [1.29, 1.82) is 0 Å². The maximum atomic E-state index is 11.9. The van der Waals surface area contributed by atoms with Crippen molar-refractivity contribution in [2.75, 3.05) is 0 Å². The predicted octanol–water partition coefficient (Wildman–Crippen LogP) is 15.5. The van der Waals surface area contributed by atoms with Crippen LogP contribution >= 0.6 is 0 Å². The number of phenols is 6. The summed E-state index contributed by atoms with van der Waals surface area (Å²) in [6.07, 6.45) is 6.87. The number of aliphatic hydroxyl groups excluding tert-OH is 3. The molecule has 0 bridgehead atoms. The van der Waals surface area contributed by atoms with Gasteiger partial charge in [-0.15, -0.1) is 0 Å². The van der Waals surface area contributed by atoms with Crippen LogP contribution in [0.2, 0.25) is 0 Å². The smallest absolute Gasteiger partial charge is 1.00 e. The van der Waals surface area contributed by atoms with E-state index in [1.54, 1.807) is 103 Å². The number of Topliss-reactive ketones (excluding diaryl/α,β-unsaturated/α-hetero) is 2. The number of carbonyl (C=O) groups excluding carboxylic acids is 3. The van der Waals surface area contributed by atoms with E-state index in [2.05, 4.69) is 55.5 Å². The van der Waals surface area contributed by atoms with E-state index in [-0.39, 0.29) is 170 Å². The van der Waals surface area contributed by atoms with Crippen LogP contribution in [0.5, 0.6) is 34.5 Å². The Hall–Kier alpha value is -7.73. The fraction of sp³-hybridized carbons (Fsp3) is 0.156. The van der Waals surface area contributed by atoms with E-state index in [1.807, 2.05) is 152 Å². The SMILES string of the molecule is O=C(CCc1ccccc1)c1cccc(O)c1.O=C(CCc1ccccc1)c1cccc(O)c1.O=Cc1cccc(O)c1.Oc1cccc(C(O)CCc2ccccc2)c1.Oc1cccc(C(O)CCc2ccccc2)c1.Oc1cccc([C@H](O)CCc2ccccc2)c1.[Ac].[Ac].[CH2-]Cc1ccccc1.[Cl-].[Mg+2]. The summed E-state index contributed by atoms with van der Waals surface area (Å²) in [6.45, 7) is 3.76. The van der Waals surface area contributed by atoms with Crippen LogP contribution in [0.1, 0.15) is 132 Å². The average Bonchev–Trinajstić information content (AvgIpc) is 0.909. The molecule has 538 valence electrons. The molecule has 0 saturated carbocycles. The number of halogens is 1. The van der Waals surface area contributed by atoms with Gasteiger partial charge < -0.3 is 65.3 Å². The Morgan fingerprint density at radius 3 is 0.764 bits per heavy atom. The van der Waals surface area contributed by atoms with Crippen molar-refractivity contribution in [3.8, 4) is 34.5 Å². The standard InChI is InChI=1S/3C15H16O2.2C15H14O2.C8H9.C7H6O2.2Ac.ClH.Mg/c5*16-14-8-4-7-13(11-14)15(17)10-9-12-5-2-1-3-6-12;1-2-8-6-4-3-5-7-8;8-5-6-2-1-3-7(9)4-6;;;;/h3*1-8,11,15-17H,9-10H2;2*1-8,11,16H,9-10H2;3-7H,1-2H2;1-5,9H;;;1H;/q;;;;;-1;;;;;+2/p-1/t15-;;;;;;;;;;/m1........../s1.